The quantitative estimate of drug-likeness (QED) is 0.00821. The van der Waals surface area contributed by atoms with Crippen molar-refractivity contribution >= 4 is 111 Å². The number of nitrogens with one attached hydrogen (secondary N) is 2. The Morgan fingerprint density at radius 1 is 0.507 bits per heavy atom. The molecule has 6 unspecified atom stereocenters. The molecule has 0 amide bonds. The first-order chi connectivity index (χ1) is 33.6. The zero-order valence-electron chi connectivity index (χ0n) is 33.4. The van der Waals surface area contributed by atoms with E-state index < -0.39 is 155 Å². The van der Waals surface area contributed by atoms with Crippen molar-refractivity contribution in [3.05, 3.63) is 0 Å². The lowest BCUT2D eigenvalue weighted by molar-refractivity contribution is -0.436. The van der Waals surface area contributed by atoms with E-state index in [1.807, 2.05) is 0 Å². The lowest BCUT2D eigenvalue weighted by atomic mass is 9.93. The largest absolute Gasteiger partial charge is 0.479 e. The van der Waals surface area contributed by atoms with Crippen LogP contribution in [0.5, 0.6) is 0 Å². The summed E-state index contributed by atoms with van der Waals surface area (Å²) >= 11 is -1.16. The molecule has 0 aliphatic carbocycles. The molecule has 3 aliphatic heterocycles. The van der Waals surface area contributed by atoms with Gasteiger partial charge in [-0.25, -0.2) is 58.3 Å². The lowest BCUT2D eigenvalue weighted by Crippen LogP contribution is -2.69. The molecule has 0 aromatic carbocycles. The van der Waals surface area contributed by atoms with E-state index in [0.717, 1.165) is 0 Å². The number of hydrogen-bond donors (Lipinski definition) is 12. The van der Waals surface area contributed by atoms with E-state index in [-0.39, 0.29) is 61.4 Å². The molecule has 3 rings (SSSR count). The summed E-state index contributed by atoms with van der Waals surface area (Å²) in [6.45, 7) is -1.34. The fraction of sp³-hybridized carbons (Fsp3) is 0.947. The molecule has 43 nitrogen and oxygen atoms in total. The van der Waals surface area contributed by atoms with Gasteiger partial charge in [0.05, 0.1) is 25.4 Å². The van der Waals surface area contributed by atoms with E-state index in [4.69, 9.17) is 76.1 Å². The van der Waals surface area contributed by atoms with Crippen LogP contribution in [0, 0.1) is 0 Å². The van der Waals surface area contributed by atoms with Gasteiger partial charge in [0.2, 0.25) is 0 Å². The summed E-state index contributed by atoms with van der Waals surface area (Å²) in [7, 11) is -16.6. The minimum atomic E-state index is -5.90. The molecule has 0 saturated carbocycles. The molecule has 3 aliphatic rings. The van der Waals surface area contributed by atoms with Crippen molar-refractivity contribution in [3.8, 4) is 0 Å². The Labute approximate surface area is 420 Å². The molecular weight excluding hydrogens is 1200 g/mol. The van der Waals surface area contributed by atoms with Crippen LogP contribution >= 0.6 is 73.8 Å². The summed E-state index contributed by atoms with van der Waals surface area (Å²) in [5.74, 6) is -2.14. The van der Waals surface area contributed by atoms with Crippen molar-refractivity contribution in [2.75, 3.05) is 13.2 Å². The second-order valence-corrected chi connectivity index (χ2v) is 18.3. The van der Waals surface area contributed by atoms with Crippen LogP contribution in [0.15, 0.2) is 0 Å². The van der Waals surface area contributed by atoms with Gasteiger partial charge in [0.15, 0.2) is 74.1 Å². The van der Waals surface area contributed by atoms with Crippen LogP contribution < -0.4 is 9.44 Å². The van der Waals surface area contributed by atoms with Gasteiger partial charge >= 0.3 is 37.2 Å². The zero-order valence-corrected chi connectivity index (χ0v) is 40.7. The number of carbonyl (C=O) groups is 1. The number of hydrogen-bond acceptors (Lipinski definition) is 45. The van der Waals surface area contributed by atoms with E-state index in [9.17, 15) is 48.8 Å². The number of carboxylic acid groups (broad SMARTS) is 1. The third-order valence-electron chi connectivity index (χ3n) is 8.23. The highest BCUT2D eigenvalue weighted by Crippen LogP contribution is 2.40. The van der Waals surface area contributed by atoms with Crippen LogP contribution in [-0.2, 0) is 145 Å². The number of aliphatic carboxylic acids is 1. The Hall–Kier alpha value is 0.0200. The number of ether oxygens (including phenoxy) is 5. The molecule has 71 heavy (non-hydrogen) atoms. The molecule has 420 valence electrons. The summed E-state index contributed by atoms with van der Waals surface area (Å²) in [4.78, 5) is 13.2. The van der Waals surface area contributed by atoms with Gasteiger partial charge in [-0.05, 0) is 6.92 Å². The van der Waals surface area contributed by atoms with Crippen LogP contribution in [0.4, 0.5) is 0 Å². The average molecular weight is 1240 g/mol. The SMILES string of the molecule is C[C@@H]1OC(COS(=O)(=O)O)[C@H](O[C@@H]2OC(C(=O)O)[C@H](O[C@@H]3OC(COS(=O)(=O)O)[C@H](OSOOO)[C@H](OSOOO)C3NSOOO)[C@H](OSOOO)C2OS(=O)(=O)O)[C@H](OSOOO)C1NSOOO. The van der Waals surface area contributed by atoms with E-state index in [1.54, 1.807) is 0 Å². The summed E-state index contributed by atoms with van der Waals surface area (Å²) < 4.78 is 195. The van der Waals surface area contributed by atoms with Gasteiger partial charge in [-0.1, -0.05) is 30.2 Å². The molecule has 0 aromatic heterocycles. The highest BCUT2D eigenvalue weighted by molar-refractivity contribution is 7.93. The summed E-state index contributed by atoms with van der Waals surface area (Å²) in [5, 5.41) is 83.9. The normalized spacial score (nSPS) is 32.0. The zero-order chi connectivity index (χ0) is 52.8. The fourth-order valence-electron chi connectivity index (χ4n) is 5.92. The topological polar surface area (TPSA) is 567 Å². The number of carboxylic acids is 1. The molecule has 15 atom stereocenters. The summed E-state index contributed by atoms with van der Waals surface area (Å²) in [6.07, 6.45) is -28.8. The van der Waals surface area contributed by atoms with Gasteiger partial charge < -0.3 is 28.8 Å². The predicted molar refractivity (Wildman–Crippen MR) is 208 cm³/mol. The third-order valence-corrected chi connectivity index (χ3v) is 12.2. The predicted octanol–water partition coefficient (Wildman–Crippen LogP) is -1.73. The molecule has 0 aromatic rings. The molecular formula is C19H34N2O41S9. The van der Waals surface area contributed by atoms with E-state index >= 15 is 0 Å². The minimum absolute atomic E-state index is 0.0862. The third kappa shape index (κ3) is 22.9. The monoisotopic (exact) mass is 1230 g/mol. The molecule has 0 spiro atoms. The Morgan fingerprint density at radius 3 is 1.38 bits per heavy atom. The molecule has 52 heteroatoms. The van der Waals surface area contributed by atoms with Crippen molar-refractivity contribution in [3.63, 3.8) is 0 Å². The Balaban J connectivity index is 2.28. The first-order valence-corrected chi connectivity index (χ1v) is 25.3. The van der Waals surface area contributed by atoms with Gasteiger partial charge in [0.1, 0.15) is 79.3 Å². The first-order valence-electron chi connectivity index (χ1n) is 17.0. The Morgan fingerprint density at radius 2 is 0.930 bits per heavy atom. The highest BCUT2D eigenvalue weighted by atomic mass is 32.3. The molecule has 12 N–H and O–H groups in total. The van der Waals surface area contributed by atoms with Gasteiger partial charge in [-0.15, -0.1) is 26.0 Å². The molecule has 3 saturated heterocycles. The van der Waals surface area contributed by atoms with Gasteiger partial charge in [0, 0.05) is 0 Å². The molecule has 0 bridgehead atoms. The van der Waals surface area contributed by atoms with Crippen molar-refractivity contribution < 1.29 is 190 Å². The van der Waals surface area contributed by atoms with Crippen LogP contribution in [0.3, 0.4) is 0 Å². The van der Waals surface area contributed by atoms with E-state index in [0.29, 0.717) is 0 Å². The van der Waals surface area contributed by atoms with E-state index in [1.165, 1.54) is 6.92 Å². The number of rotatable bonds is 37. The van der Waals surface area contributed by atoms with E-state index in [2.05, 4.69) is 74.0 Å². The molecule has 3 heterocycles. The fourth-order valence-corrected chi connectivity index (χ4v) is 9.45. The second kappa shape index (κ2) is 33.3. The van der Waals surface area contributed by atoms with Gasteiger partial charge in [0.25, 0.3) is 0 Å². The molecule has 3 fully saturated rings. The summed E-state index contributed by atoms with van der Waals surface area (Å²) in [5.41, 5.74) is 0. The van der Waals surface area contributed by atoms with Crippen LogP contribution in [0.1, 0.15) is 6.92 Å². The lowest BCUT2D eigenvalue weighted by Gasteiger charge is -2.49. The van der Waals surface area contributed by atoms with Crippen molar-refractivity contribution in [1.29, 1.82) is 0 Å². The maximum absolute atomic E-state index is 13.2. The van der Waals surface area contributed by atoms with Crippen LogP contribution in [-0.4, -0.2) is 187 Å². The highest BCUT2D eigenvalue weighted by Gasteiger charge is 2.59. The maximum atomic E-state index is 13.2. The van der Waals surface area contributed by atoms with Gasteiger partial charge in [-0.3, -0.25) is 30.4 Å². The molecule has 0 radical (unpaired) electrons. The van der Waals surface area contributed by atoms with Crippen LogP contribution in [0.25, 0.3) is 0 Å². The van der Waals surface area contributed by atoms with Crippen LogP contribution in [0.2, 0.25) is 0 Å². The Kier molecular flexibility index (Phi) is 30.7. The van der Waals surface area contributed by atoms with Crippen molar-refractivity contribution in [1.82, 2.24) is 9.44 Å². The van der Waals surface area contributed by atoms with Gasteiger partial charge in [-0.2, -0.15) is 25.3 Å². The standard InChI is InChI=1S/C19H34N2O41S9/c1-4-7(20-63-57-51-24)11(47-66-60-54-27)9(5(41-4)2-39-69(30,31)32)43-19-16(50-71(36,37)38)14(49-68-62-56-29)13(15(45-19)17(22)23)44-18-8(21-64-58-52-25)12(48-67-61-55-28)10(46-65-59-53-26)6(42-18)3-40-70(33,34)35/h4-16,18-21,24-29H,2-3H2,1H3,(H,22,23)(H,30,31,32)(H,33,34,35)(H,36,37,38)/t4-,5?,6?,7?,8?,9-,10-,11+,12+,13+,14-,15?,16?,18-,19+/m0/s1. The minimum Gasteiger partial charge on any atom is -0.479 e. The van der Waals surface area contributed by atoms with Crippen molar-refractivity contribution in [2.45, 2.75) is 98.7 Å². The van der Waals surface area contributed by atoms with Crippen molar-refractivity contribution in [2.24, 2.45) is 0 Å². The smallest absolute Gasteiger partial charge is 0.397 e. The first kappa shape index (κ1) is 65.3. The second-order valence-electron chi connectivity index (χ2n) is 12.1. The maximum Gasteiger partial charge on any atom is 0.397 e. The Bertz CT molecular complexity index is 1850. The average Bonchev–Trinajstić information content (AvgIpc) is 3.28. The summed E-state index contributed by atoms with van der Waals surface area (Å²) in [6, 6.07) is -3.40.